The Morgan fingerprint density at radius 2 is 1.71 bits per heavy atom. The van der Waals surface area contributed by atoms with Crippen LogP contribution in [0.4, 0.5) is 20.2 Å². The van der Waals surface area contributed by atoms with Crippen molar-refractivity contribution in [2.45, 2.75) is 0 Å². The zero-order chi connectivity index (χ0) is 12.3. The molecule has 1 N–H and O–H groups in total. The number of hydrogen-bond donors (Lipinski definition) is 1. The number of anilines is 2. The molecule has 0 aromatic heterocycles. The summed E-state index contributed by atoms with van der Waals surface area (Å²) >= 11 is 0. The fourth-order valence-electron chi connectivity index (χ4n) is 1.46. The number of benzene rings is 2. The molecule has 4 heteroatoms. The lowest BCUT2D eigenvalue weighted by atomic mass is 10.2. The second-order valence-electron chi connectivity index (χ2n) is 3.48. The lowest BCUT2D eigenvalue weighted by Crippen LogP contribution is -1.92. The van der Waals surface area contributed by atoms with E-state index in [0.29, 0.717) is 11.4 Å². The van der Waals surface area contributed by atoms with E-state index in [1.807, 2.05) is 6.07 Å². The topological polar surface area (TPSA) is 35.8 Å². The van der Waals surface area contributed by atoms with Crippen LogP contribution in [0.15, 0.2) is 42.5 Å². The van der Waals surface area contributed by atoms with Gasteiger partial charge in [0.05, 0.1) is 11.6 Å². The first kappa shape index (κ1) is 11.1. The largest absolute Gasteiger partial charge is 0.355 e. The molecule has 0 spiro atoms. The number of nitriles is 1. The standard InChI is InChI=1S/C13H8F2N2/c14-10-2-1-3-12(6-10)17-13-5-9(8-16)4-11(15)7-13/h1-7,17H. The van der Waals surface area contributed by atoms with E-state index in [1.165, 1.54) is 24.3 Å². The van der Waals surface area contributed by atoms with Gasteiger partial charge < -0.3 is 5.32 Å². The van der Waals surface area contributed by atoms with Crippen molar-refractivity contribution < 1.29 is 8.78 Å². The first-order chi connectivity index (χ1) is 8.17. The van der Waals surface area contributed by atoms with Crippen LogP contribution >= 0.6 is 0 Å². The summed E-state index contributed by atoms with van der Waals surface area (Å²) in [6.07, 6.45) is 0. The Kier molecular flexibility index (Phi) is 3.01. The molecule has 0 aliphatic heterocycles. The van der Waals surface area contributed by atoms with E-state index in [-0.39, 0.29) is 11.4 Å². The first-order valence-corrected chi connectivity index (χ1v) is 4.90. The van der Waals surface area contributed by atoms with Crippen LogP contribution in [0, 0.1) is 23.0 Å². The molecule has 0 amide bonds. The van der Waals surface area contributed by atoms with Crippen LogP contribution in [0.25, 0.3) is 0 Å². The molecule has 0 saturated carbocycles. The van der Waals surface area contributed by atoms with E-state index in [9.17, 15) is 8.78 Å². The molecule has 0 saturated heterocycles. The third kappa shape index (κ3) is 2.79. The average molecular weight is 230 g/mol. The molecule has 0 radical (unpaired) electrons. The van der Waals surface area contributed by atoms with Gasteiger partial charge in [0.1, 0.15) is 11.6 Å². The molecule has 84 valence electrons. The molecule has 2 aromatic carbocycles. The van der Waals surface area contributed by atoms with E-state index in [2.05, 4.69) is 5.32 Å². The van der Waals surface area contributed by atoms with E-state index < -0.39 is 5.82 Å². The van der Waals surface area contributed by atoms with Gasteiger partial charge in [-0.1, -0.05) is 6.07 Å². The van der Waals surface area contributed by atoms with Gasteiger partial charge >= 0.3 is 0 Å². The second-order valence-corrected chi connectivity index (χ2v) is 3.48. The van der Waals surface area contributed by atoms with Crippen molar-refractivity contribution in [3.8, 4) is 6.07 Å². The number of rotatable bonds is 2. The maximum absolute atomic E-state index is 13.1. The minimum absolute atomic E-state index is 0.212. The zero-order valence-electron chi connectivity index (χ0n) is 8.74. The van der Waals surface area contributed by atoms with Gasteiger partial charge in [-0.3, -0.25) is 0 Å². The van der Waals surface area contributed by atoms with Gasteiger partial charge in [-0.25, -0.2) is 8.78 Å². The molecular formula is C13H8F2N2. The van der Waals surface area contributed by atoms with Crippen LogP contribution in [-0.2, 0) is 0 Å². The Labute approximate surface area is 97.1 Å². The van der Waals surface area contributed by atoms with Gasteiger partial charge in [0, 0.05) is 11.4 Å². The average Bonchev–Trinajstić information content (AvgIpc) is 2.28. The van der Waals surface area contributed by atoms with Gasteiger partial charge in [0.15, 0.2) is 0 Å². The lowest BCUT2D eigenvalue weighted by Gasteiger charge is -2.06. The minimum atomic E-state index is -0.511. The highest BCUT2D eigenvalue weighted by molar-refractivity contribution is 5.61. The SMILES string of the molecule is N#Cc1cc(F)cc(Nc2cccc(F)c2)c1. The van der Waals surface area contributed by atoms with E-state index in [4.69, 9.17) is 5.26 Å². The normalized spacial score (nSPS) is 9.71. The molecule has 0 aliphatic rings. The number of nitrogens with zero attached hydrogens (tertiary/aromatic N) is 1. The molecule has 0 aliphatic carbocycles. The summed E-state index contributed by atoms with van der Waals surface area (Å²) in [5.41, 5.74) is 1.12. The quantitative estimate of drug-likeness (QED) is 0.855. The smallest absolute Gasteiger partial charge is 0.126 e. The van der Waals surface area contributed by atoms with Gasteiger partial charge in [0.25, 0.3) is 0 Å². The molecule has 2 nitrogen and oxygen atoms in total. The van der Waals surface area contributed by atoms with E-state index in [1.54, 1.807) is 12.1 Å². The predicted octanol–water partition coefficient (Wildman–Crippen LogP) is 3.58. The Morgan fingerprint density at radius 3 is 2.41 bits per heavy atom. The van der Waals surface area contributed by atoms with Gasteiger partial charge in [-0.05, 0) is 36.4 Å². The molecule has 0 unspecified atom stereocenters. The third-order valence-electron chi connectivity index (χ3n) is 2.14. The molecule has 0 heterocycles. The van der Waals surface area contributed by atoms with Crippen LogP contribution in [0.2, 0.25) is 0 Å². The summed E-state index contributed by atoms with van der Waals surface area (Å²) in [7, 11) is 0. The molecule has 0 fully saturated rings. The molecule has 0 atom stereocenters. The van der Waals surface area contributed by atoms with Gasteiger partial charge in [-0.2, -0.15) is 5.26 Å². The van der Waals surface area contributed by atoms with Crippen molar-refractivity contribution in [1.29, 1.82) is 5.26 Å². The maximum Gasteiger partial charge on any atom is 0.126 e. The van der Waals surface area contributed by atoms with Crippen molar-refractivity contribution in [1.82, 2.24) is 0 Å². The number of hydrogen-bond acceptors (Lipinski definition) is 2. The first-order valence-electron chi connectivity index (χ1n) is 4.90. The Balaban J connectivity index is 2.30. The highest BCUT2D eigenvalue weighted by atomic mass is 19.1. The van der Waals surface area contributed by atoms with Gasteiger partial charge in [0.2, 0.25) is 0 Å². The summed E-state index contributed by atoms with van der Waals surface area (Å²) in [5.74, 6) is -0.894. The van der Waals surface area contributed by atoms with Gasteiger partial charge in [-0.15, -0.1) is 0 Å². The fourth-order valence-corrected chi connectivity index (χ4v) is 1.46. The van der Waals surface area contributed by atoms with E-state index in [0.717, 1.165) is 6.07 Å². The third-order valence-corrected chi connectivity index (χ3v) is 2.14. The maximum atomic E-state index is 13.1. The number of halogens is 2. The Morgan fingerprint density at radius 1 is 0.941 bits per heavy atom. The van der Waals surface area contributed by atoms with Crippen LogP contribution in [0.5, 0.6) is 0 Å². The lowest BCUT2D eigenvalue weighted by molar-refractivity contribution is 0.627. The van der Waals surface area contributed by atoms with Crippen LogP contribution in [0.3, 0.4) is 0 Å². The van der Waals surface area contributed by atoms with Crippen LogP contribution < -0.4 is 5.32 Å². The van der Waals surface area contributed by atoms with Crippen LogP contribution in [-0.4, -0.2) is 0 Å². The fraction of sp³-hybridized carbons (Fsp3) is 0. The predicted molar refractivity (Wildman–Crippen MR) is 60.8 cm³/mol. The molecule has 2 aromatic rings. The van der Waals surface area contributed by atoms with Crippen molar-refractivity contribution in [3.63, 3.8) is 0 Å². The van der Waals surface area contributed by atoms with E-state index >= 15 is 0 Å². The summed E-state index contributed by atoms with van der Waals surface area (Å²) in [6.45, 7) is 0. The summed E-state index contributed by atoms with van der Waals surface area (Å²) in [4.78, 5) is 0. The monoisotopic (exact) mass is 230 g/mol. The zero-order valence-corrected chi connectivity index (χ0v) is 8.74. The highest BCUT2D eigenvalue weighted by Gasteiger charge is 2.01. The molecular weight excluding hydrogens is 222 g/mol. The molecule has 2 rings (SSSR count). The Hall–Kier alpha value is -2.41. The van der Waals surface area contributed by atoms with Crippen LogP contribution in [0.1, 0.15) is 5.56 Å². The van der Waals surface area contributed by atoms with Crippen molar-refractivity contribution >= 4 is 11.4 Å². The van der Waals surface area contributed by atoms with Crippen molar-refractivity contribution in [3.05, 3.63) is 59.7 Å². The molecule has 17 heavy (non-hydrogen) atoms. The minimum Gasteiger partial charge on any atom is -0.355 e. The highest BCUT2D eigenvalue weighted by Crippen LogP contribution is 2.19. The second kappa shape index (κ2) is 4.62. The number of nitrogens with one attached hydrogen (secondary N) is 1. The Bertz CT molecular complexity index is 588. The molecule has 0 bridgehead atoms. The summed E-state index contributed by atoms with van der Waals surface area (Å²) in [6, 6.07) is 11.5. The van der Waals surface area contributed by atoms with Crippen molar-refractivity contribution in [2.24, 2.45) is 0 Å². The van der Waals surface area contributed by atoms with Crippen molar-refractivity contribution in [2.75, 3.05) is 5.32 Å². The summed E-state index contributed by atoms with van der Waals surface area (Å²) < 4.78 is 26.1. The summed E-state index contributed by atoms with van der Waals surface area (Å²) in [5, 5.41) is 11.5.